The van der Waals surface area contributed by atoms with E-state index < -0.39 is 5.60 Å². The summed E-state index contributed by atoms with van der Waals surface area (Å²) < 4.78 is 5.24. The van der Waals surface area contributed by atoms with Gasteiger partial charge in [0.05, 0.1) is 0 Å². The molecular weight excluding hydrogens is 188 g/mol. The van der Waals surface area contributed by atoms with Crippen LogP contribution in [0.25, 0.3) is 5.57 Å². The van der Waals surface area contributed by atoms with Gasteiger partial charge < -0.3 is 4.74 Å². The van der Waals surface area contributed by atoms with Gasteiger partial charge in [0.15, 0.2) is 0 Å². The molecule has 15 heavy (non-hydrogen) atoms. The molecule has 2 heteroatoms. The highest BCUT2D eigenvalue weighted by Crippen LogP contribution is 2.36. The van der Waals surface area contributed by atoms with Gasteiger partial charge in [-0.15, -0.1) is 0 Å². The molecule has 0 spiro atoms. The van der Waals surface area contributed by atoms with Gasteiger partial charge >= 0.3 is 5.97 Å². The van der Waals surface area contributed by atoms with Gasteiger partial charge in [0, 0.05) is 11.6 Å². The number of benzene rings is 1. The first kappa shape index (κ1) is 9.97. The van der Waals surface area contributed by atoms with E-state index in [4.69, 9.17) is 4.74 Å². The summed E-state index contributed by atoms with van der Waals surface area (Å²) in [6.07, 6.45) is 1.59. The molecule has 0 saturated carbocycles. The maximum absolute atomic E-state index is 11.3. The third-order valence-corrected chi connectivity index (χ3v) is 2.70. The SMILES string of the molecule is Cc1ccccc1C1=CC(=O)OC1(C)C. The molecule has 0 fully saturated rings. The van der Waals surface area contributed by atoms with Crippen LogP contribution in [0.3, 0.4) is 0 Å². The summed E-state index contributed by atoms with van der Waals surface area (Å²) in [4.78, 5) is 11.3. The van der Waals surface area contributed by atoms with Crippen LogP contribution < -0.4 is 0 Å². The summed E-state index contributed by atoms with van der Waals surface area (Å²) in [5.74, 6) is -0.252. The van der Waals surface area contributed by atoms with Crippen LogP contribution in [0, 0.1) is 6.92 Å². The lowest BCUT2D eigenvalue weighted by Gasteiger charge is -2.22. The van der Waals surface area contributed by atoms with Crippen LogP contribution in [0.1, 0.15) is 25.0 Å². The fraction of sp³-hybridized carbons (Fsp3) is 0.308. The van der Waals surface area contributed by atoms with E-state index in [-0.39, 0.29) is 5.97 Å². The largest absolute Gasteiger partial charge is 0.452 e. The van der Waals surface area contributed by atoms with E-state index >= 15 is 0 Å². The number of esters is 1. The lowest BCUT2D eigenvalue weighted by molar-refractivity contribution is -0.142. The molecule has 2 nitrogen and oxygen atoms in total. The van der Waals surface area contributed by atoms with Gasteiger partial charge in [0.25, 0.3) is 0 Å². The number of carbonyl (C=O) groups is 1. The molecule has 0 N–H and O–H groups in total. The van der Waals surface area contributed by atoms with Gasteiger partial charge in [-0.3, -0.25) is 0 Å². The molecule has 0 radical (unpaired) electrons. The molecule has 1 aromatic carbocycles. The summed E-state index contributed by atoms with van der Waals surface area (Å²) in [5, 5.41) is 0. The predicted octanol–water partition coefficient (Wildman–Crippen LogP) is 2.71. The Morgan fingerprint density at radius 3 is 2.40 bits per heavy atom. The van der Waals surface area contributed by atoms with Crippen molar-refractivity contribution in [1.82, 2.24) is 0 Å². The van der Waals surface area contributed by atoms with Crippen LogP contribution in [-0.2, 0) is 9.53 Å². The summed E-state index contributed by atoms with van der Waals surface area (Å²) in [6, 6.07) is 8.02. The summed E-state index contributed by atoms with van der Waals surface area (Å²) >= 11 is 0. The minimum Gasteiger partial charge on any atom is -0.452 e. The van der Waals surface area contributed by atoms with E-state index in [9.17, 15) is 4.79 Å². The van der Waals surface area contributed by atoms with E-state index in [0.717, 1.165) is 16.7 Å². The van der Waals surface area contributed by atoms with Crippen LogP contribution in [0.15, 0.2) is 30.3 Å². The molecular formula is C13H14O2. The molecule has 0 unspecified atom stereocenters. The second-order valence-corrected chi connectivity index (χ2v) is 4.30. The van der Waals surface area contributed by atoms with Gasteiger partial charge in [-0.05, 0) is 31.9 Å². The predicted molar refractivity (Wildman–Crippen MR) is 59.3 cm³/mol. The molecule has 78 valence electrons. The lowest BCUT2D eigenvalue weighted by Crippen LogP contribution is -2.22. The topological polar surface area (TPSA) is 26.3 Å². The maximum atomic E-state index is 11.3. The molecule has 0 atom stereocenters. The number of aryl methyl sites for hydroxylation is 1. The molecule has 0 amide bonds. The van der Waals surface area contributed by atoms with Crippen LogP contribution in [0.5, 0.6) is 0 Å². The zero-order chi connectivity index (χ0) is 11.1. The van der Waals surface area contributed by atoms with E-state index in [0.29, 0.717) is 0 Å². The Morgan fingerprint density at radius 2 is 1.87 bits per heavy atom. The minimum atomic E-state index is -0.511. The Bertz CT molecular complexity index is 442. The van der Waals surface area contributed by atoms with Crippen LogP contribution in [-0.4, -0.2) is 11.6 Å². The maximum Gasteiger partial charge on any atom is 0.332 e. The van der Waals surface area contributed by atoms with E-state index in [1.165, 1.54) is 0 Å². The van der Waals surface area contributed by atoms with Crippen LogP contribution in [0.2, 0.25) is 0 Å². The Hall–Kier alpha value is -1.57. The van der Waals surface area contributed by atoms with Gasteiger partial charge in [-0.2, -0.15) is 0 Å². The second-order valence-electron chi connectivity index (χ2n) is 4.30. The van der Waals surface area contributed by atoms with Gasteiger partial charge in [-0.1, -0.05) is 24.3 Å². The quantitative estimate of drug-likeness (QED) is 0.654. The number of hydrogen-bond donors (Lipinski definition) is 0. The summed E-state index contributed by atoms with van der Waals surface area (Å²) in [6.45, 7) is 5.86. The fourth-order valence-corrected chi connectivity index (χ4v) is 1.90. The highest BCUT2D eigenvalue weighted by atomic mass is 16.6. The van der Waals surface area contributed by atoms with Crippen molar-refractivity contribution in [2.75, 3.05) is 0 Å². The first-order valence-corrected chi connectivity index (χ1v) is 5.02. The standard InChI is InChI=1S/C13H14O2/c1-9-6-4-5-7-10(9)11-8-12(14)15-13(11,2)3/h4-8H,1-3H3. The smallest absolute Gasteiger partial charge is 0.332 e. The van der Waals surface area contributed by atoms with Crippen LogP contribution >= 0.6 is 0 Å². The molecule has 1 aromatic rings. The zero-order valence-corrected chi connectivity index (χ0v) is 9.20. The second kappa shape index (κ2) is 3.23. The molecule has 0 bridgehead atoms. The number of cyclic esters (lactones) is 1. The normalized spacial score (nSPS) is 18.6. The van der Waals surface area contributed by atoms with Crippen molar-refractivity contribution >= 4 is 11.5 Å². The fourth-order valence-electron chi connectivity index (χ4n) is 1.90. The van der Waals surface area contributed by atoms with Gasteiger partial charge in [0.1, 0.15) is 5.60 Å². The van der Waals surface area contributed by atoms with Crippen molar-refractivity contribution in [2.45, 2.75) is 26.4 Å². The average Bonchev–Trinajstić information content (AvgIpc) is 2.40. The first-order valence-electron chi connectivity index (χ1n) is 5.02. The van der Waals surface area contributed by atoms with E-state index in [1.807, 2.05) is 45.0 Å². The number of ether oxygens (including phenoxy) is 1. The Balaban J connectivity index is 2.53. The van der Waals surface area contributed by atoms with Crippen molar-refractivity contribution in [2.24, 2.45) is 0 Å². The molecule has 1 aliphatic heterocycles. The van der Waals surface area contributed by atoms with E-state index in [2.05, 4.69) is 0 Å². The number of hydrogen-bond acceptors (Lipinski definition) is 2. The van der Waals surface area contributed by atoms with Crippen LogP contribution in [0.4, 0.5) is 0 Å². The summed E-state index contributed by atoms with van der Waals surface area (Å²) in [7, 11) is 0. The minimum absolute atomic E-state index is 0.252. The Kier molecular flexibility index (Phi) is 2.14. The van der Waals surface area contributed by atoms with E-state index in [1.54, 1.807) is 6.08 Å². The third-order valence-electron chi connectivity index (χ3n) is 2.70. The molecule has 2 rings (SSSR count). The highest BCUT2D eigenvalue weighted by molar-refractivity contribution is 5.98. The highest BCUT2D eigenvalue weighted by Gasteiger charge is 2.35. The first-order chi connectivity index (χ1) is 7.00. The van der Waals surface area contributed by atoms with Crippen molar-refractivity contribution in [3.05, 3.63) is 41.5 Å². The molecule has 0 aliphatic carbocycles. The van der Waals surface area contributed by atoms with Gasteiger partial charge in [-0.25, -0.2) is 4.79 Å². The summed E-state index contributed by atoms with van der Waals surface area (Å²) in [5.41, 5.74) is 2.71. The molecule has 0 saturated heterocycles. The number of carbonyl (C=O) groups excluding carboxylic acids is 1. The van der Waals surface area contributed by atoms with Gasteiger partial charge in [0.2, 0.25) is 0 Å². The molecule has 1 heterocycles. The molecule has 1 aliphatic rings. The zero-order valence-electron chi connectivity index (χ0n) is 9.20. The van der Waals surface area contributed by atoms with Crippen molar-refractivity contribution < 1.29 is 9.53 Å². The van der Waals surface area contributed by atoms with Crippen molar-refractivity contribution in [3.8, 4) is 0 Å². The Morgan fingerprint density at radius 1 is 1.20 bits per heavy atom. The lowest BCUT2D eigenvalue weighted by atomic mass is 9.90. The number of rotatable bonds is 1. The Labute approximate surface area is 89.6 Å². The molecule has 0 aromatic heterocycles. The third kappa shape index (κ3) is 1.67. The average molecular weight is 202 g/mol. The monoisotopic (exact) mass is 202 g/mol. The van der Waals surface area contributed by atoms with Crippen molar-refractivity contribution in [1.29, 1.82) is 0 Å². The van der Waals surface area contributed by atoms with Crippen molar-refractivity contribution in [3.63, 3.8) is 0 Å².